The number of rotatable bonds is 3. The number of hydrogen-bond acceptors (Lipinski definition) is 3. The molecule has 0 radical (unpaired) electrons. The Labute approximate surface area is 131 Å². The van der Waals surface area contributed by atoms with Gasteiger partial charge < -0.3 is 5.32 Å². The molecule has 0 aliphatic heterocycles. The molecule has 1 aliphatic rings. The molecule has 0 spiro atoms. The molecule has 0 saturated carbocycles. The van der Waals surface area contributed by atoms with Crippen molar-refractivity contribution in [1.82, 2.24) is 10.3 Å². The van der Waals surface area contributed by atoms with E-state index in [0.29, 0.717) is 11.5 Å². The van der Waals surface area contributed by atoms with Crippen molar-refractivity contribution < 1.29 is 0 Å². The highest BCUT2D eigenvalue weighted by Crippen LogP contribution is 2.43. The summed E-state index contributed by atoms with van der Waals surface area (Å²) in [6.07, 6.45) is 3.25. The topological polar surface area (TPSA) is 24.9 Å². The molecule has 1 aromatic carbocycles. The number of hydrogen-bond donors (Lipinski definition) is 1. The van der Waals surface area contributed by atoms with Gasteiger partial charge in [-0.2, -0.15) is 0 Å². The molecule has 0 bridgehead atoms. The standard InChI is InChI=1S/C18H24N2S/c1-12-6-5-7-13(8-12)9-16-20-15-11-18(2,3)10-14(19-4)17(15)21-16/h5-8,14,19H,9-11H2,1-4H3. The first-order valence-electron chi connectivity index (χ1n) is 7.68. The number of aromatic nitrogens is 1. The van der Waals surface area contributed by atoms with E-state index >= 15 is 0 Å². The van der Waals surface area contributed by atoms with Gasteiger partial charge in [-0.05, 0) is 37.8 Å². The first-order valence-corrected chi connectivity index (χ1v) is 8.50. The minimum atomic E-state index is 0.343. The first kappa shape index (κ1) is 14.7. The van der Waals surface area contributed by atoms with E-state index in [1.807, 2.05) is 11.3 Å². The third-order valence-corrected chi connectivity index (χ3v) is 5.49. The molecular weight excluding hydrogens is 276 g/mol. The van der Waals surface area contributed by atoms with Gasteiger partial charge in [0.25, 0.3) is 0 Å². The van der Waals surface area contributed by atoms with Gasteiger partial charge in [-0.25, -0.2) is 4.98 Å². The van der Waals surface area contributed by atoms with E-state index in [0.717, 1.165) is 12.8 Å². The van der Waals surface area contributed by atoms with Gasteiger partial charge in [-0.1, -0.05) is 43.7 Å². The maximum absolute atomic E-state index is 4.95. The van der Waals surface area contributed by atoms with Gasteiger partial charge in [0, 0.05) is 17.3 Å². The van der Waals surface area contributed by atoms with Crippen LogP contribution in [0.25, 0.3) is 0 Å². The maximum atomic E-state index is 4.95. The van der Waals surface area contributed by atoms with Crippen LogP contribution in [0.1, 0.15) is 53.0 Å². The highest BCUT2D eigenvalue weighted by atomic mass is 32.1. The van der Waals surface area contributed by atoms with Crippen LogP contribution in [0.4, 0.5) is 0 Å². The minimum Gasteiger partial charge on any atom is -0.312 e. The summed E-state index contributed by atoms with van der Waals surface area (Å²) in [7, 11) is 2.07. The van der Waals surface area contributed by atoms with Crippen molar-refractivity contribution in [2.75, 3.05) is 7.05 Å². The number of benzene rings is 1. The maximum Gasteiger partial charge on any atom is 0.0975 e. The molecule has 0 amide bonds. The Balaban J connectivity index is 1.88. The average Bonchev–Trinajstić information content (AvgIpc) is 2.78. The van der Waals surface area contributed by atoms with Crippen LogP contribution in [-0.4, -0.2) is 12.0 Å². The van der Waals surface area contributed by atoms with Crippen LogP contribution in [0.2, 0.25) is 0 Å². The zero-order valence-electron chi connectivity index (χ0n) is 13.4. The molecule has 3 heteroatoms. The number of fused-ring (bicyclic) bond motifs is 1. The Morgan fingerprint density at radius 3 is 2.90 bits per heavy atom. The highest BCUT2D eigenvalue weighted by Gasteiger charge is 2.34. The molecule has 2 nitrogen and oxygen atoms in total. The van der Waals surface area contributed by atoms with Crippen LogP contribution in [0.5, 0.6) is 0 Å². The molecule has 0 fully saturated rings. The van der Waals surface area contributed by atoms with Crippen molar-refractivity contribution in [3.8, 4) is 0 Å². The Morgan fingerprint density at radius 1 is 1.38 bits per heavy atom. The number of nitrogens with zero attached hydrogens (tertiary/aromatic N) is 1. The molecule has 1 N–H and O–H groups in total. The summed E-state index contributed by atoms with van der Waals surface area (Å²) in [5.41, 5.74) is 4.35. The third kappa shape index (κ3) is 3.19. The predicted molar refractivity (Wildman–Crippen MR) is 90.0 cm³/mol. The minimum absolute atomic E-state index is 0.343. The molecule has 1 unspecified atom stereocenters. The van der Waals surface area contributed by atoms with Crippen molar-refractivity contribution >= 4 is 11.3 Å². The van der Waals surface area contributed by atoms with Crippen molar-refractivity contribution in [3.63, 3.8) is 0 Å². The largest absolute Gasteiger partial charge is 0.312 e. The second kappa shape index (κ2) is 5.54. The van der Waals surface area contributed by atoms with Crippen LogP contribution >= 0.6 is 11.3 Å². The second-order valence-corrected chi connectivity index (χ2v) is 8.09. The molecule has 112 valence electrons. The van der Waals surface area contributed by atoms with E-state index < -0.39 is 0 Å². The van der Waals surface area contributed by atoms with E-state index in [-0.39, 0.29) is 0 Å². The van der Waals surface area contributed by atoms with Gasteiger partial charge in [0.1, 0.15) is 0 Å². The van der Waals surface area contributed by atoms with E-state index in [1.54, 1.807) is 0 Å². The second-order valence-electron chi connectivity index (χ2n) is 6.97. The first-order chi connectivity index (χ1) is 9.97. The zero-order chi connectivity index (χ0) is 15.0. The van der Waals surface area contributed by atoms with Gasteiger partial charge in [0.05, 0.1) is 10.7 Å². The molecule has 1 heterocycles. The van der Waals surface area contributed by atoms with E-state index in [2.05, 4.69) is 57.4 Å². The van der Waals surface area contributed by atoms with E-state index in [1.165, 1.54) is 33.1 Å². The summed E-state index contributed by atoms with van der Waals surface area (Å²) in [5, 5.41) is 4.73. The third-order valence-electron chi connectivity index (χ3n) is 4.28. The fraction of sp³-hybridized carbons (Fsp3) is 0.500. The summed E-state index contributed by atoms with van der Waals surface area (Å²) in [6.45, 7) is 6.84. The van der Waals surface area contributed by atoms with Crippen molar-refractivity contribution in [2.24, 2.45) is 5.41 Å². The Hall–Kier alpha value is -1.19. The highest BCUT2D eigenvalue weighted by molar-refractivity contribution is 7.11. The predicted octanol–water partition coefficient (Wildman–Crippen LogP) is 4.28. The quantitative estimate of drug-likeness (QED) is 0.915. The summed E-state index contributed by atoms with van der Waals surface area (Å²) in [4.78, 5) is 6.41. The van der Waals surface area contributed by atoms with Crippen LogP contribution in [0, 0.1) is 12.3 Å². The van der Waals surface area contributed by atoms with Crippen molar-refractivity contribution in [3.05, 3.63) is 51.0 Å². The lowest BCUT2D eigenvalue weighted by Crippen LogP contribution is -2.30. The molecule has 1 aromatic heterocycles. The zero-order valence-corrected chi connectivity index (χ0v) is 14.2. The van der Waals surface area contributed by atoms with Gasteiger partial charge in [-0.3, -0.25) is 0 Å². The van der Waals surface area contributed by atoms with E-state index in [9.17, 15) is 0 Å². The average molecular weight is 300 g/mol. The smallest absolute Gasteiger partial charge is 0.0975 e. The Kier molecular flexibility index (Phi) is 3.89. The van der Waals surface area contributed by atoms with Gasteiger partial charge in [0.15, 0.2) is 0 Å². The normalized spacial score (nSPS) is 20.3. The number of aryl methyl sites for hydroxylation is 1. The lowest BCUT2D eigenvalue weighted by Gasteiger charge is -2.34. The summed E-state index contributed by atoms with van der Waals surface area (Å²) in [5.74, 6) is 0. The lowest BCUT2D eigenvalue weighted by atomic mass is 9.76. The SMILES string of the molecule is CNC1CC(C)(C)Cc2nc(Cc3cccc(C)c3)sc21. The summed E-state index contributed by atoms with van der Waals surface area (Å²) in [6, 6.07) is 9.22. The monoisotopic (exact) mass is 300 g/mol. The molecule has 2 aromatic rings. The van der Waals surface area contributed by atoms with Crippen LogP contribution in [0.15, 0.2) is 24.3 Å². The van der Waals surface area contributed by atoms with Crippen molar-refractivity contribution in [2.45, 2.75) is 46.1 Å². The molecule has 3 rings (SSSR count). The fourth-order valence-corrected chi connectivity index (χ4v) is 4.52. The summed E-state index contributed by atoms with van der Waals surface area (Å²) < 4.78 is 0. The fourth-order valence-electron chi connectivity index (χ4n) is 3.29. The van der Waals surface area contributed by atoms with Crippen LogP contribution < -0.4 is 5.32 Å². The number of nitrogens with one attached hydrogen (secondary N) is 1. The number of thiazole rings is 1. The summed E-state index contributed by atoms with van der Waals surface area (Å²) >= 11 is 1.90. The lowest BCUT2D eigenvalue weighted by molar-refractivity contribution is 0.265. The van der Waals surface area contributed by atoms with Crippen LogP contribution in [0.3, 0.4) is 0 Å². The molecule has 0 saturated heterocycles. The molecule has 21 heavy (non-hydrogen) atoms. The van der Waals surface area contributed by atoms with Crippen LogP contribution in [-0.2, 0) is 12.8 Å². The molecule has 1 aliphatic carbocycles. The van der Waals surface area contributed by atoms with E-state index in [4.69, 9.17) is 4.98 Å². The van der Waals surface area contributed by atoms with Crippen molar-refractivity contribution in [1.29, 1.82) is 0 Å². The molecule has 1 atom stereocenters. The Morgan fingerprint density at radius 2 is 2.19 bits per heavy atom. The van der Waals surface area contributed by atoms with Gasteiger partial charge in [-0.15, -0.1) is 11.3 Å². The Bertz CT molecular complexity index is 642. The molecular formula is C18H24N2S. The van der Waals surface area contributed by atoms with Gasteiger partial charge >= 0.3 is 0 Å². The van der Waals surface area contributed by atoms with Gasteiger partial charge in [0.2, 0.25) is 0 Å².